The van der Waals surface area contributed by atoms with E-state index in [4.69, 9.17) is 16.3 Å². The topological polar surface area (TPSA) is 50.4 Å². The fraction of sp³-hybridized carbons (Fsp3) is 0.267. The Hall–Kier alpha value is -1.56. The van der Waals surface area contributed by atoms with Gasteiger partial charge in [0.2, 0.25) is 0 Å². The van der Waals surface area contributed by atoms with Gasteiger partial charge in [-0.3, -0.25) is 0 Å². The second-order valence-corrected chi connectivity index (χ2v) is 5.83. The van der Waals surface area contributed by atoms with Crippen LogP contribution in [0.4, 0.5) is 4.79 Å². The zero-order valence-corrected chi connectivity index (χ0v) is 13.2. The molecule has 2 N–H and O–H groups in total. The first-order valence-corrected chi connectivity index (χ1v) is 7.77. The van der Waals surface area contributed by atoms with Crippen LogP contribution in [0.15, 0.2) is 41.8 Å². The van der Waals surface area contributed by atoms with E-state index in [0.29, 0.717) is 18.1 Å². The molecule has 2 rings (SSSR count). The lowest BCUT2D eigenvalue weighted by Gasteiger charge is -2.18. The monoisotopic (exact) mass is 324 g/mol. The van der Waals surface area contributed by atoms with Crippen LogP contribution >= 0.6 is 22.9 Å². The number of benzene rings is 1. The van der Waals surface area contributed by atoms with Gasteiger partial charge < -0.3 is 15.4 Å². The van der Waals surface area contributed by atoms with Crippen molar-refractivity contribution in [3.05, 3.63) is 57.2 Å². The van der Waals surface area contributed by atoms with Crippen molar-refractivity contribution in [2.24, 2.45) is 0 Å². The summed E-state index contributed by atoms with van der Waals surface area (Å²) in [7, 11) is 1.60. The van der Waals surface area contributed by atoms with Crippen LogP contribution in [0.1, 0.15) is 16.5 Å². The normalized spacial score (nSPS) is 11.9. The van der Waals surface area contributed by atoms with E-state index in [2.05, 4.69) is 10.6 Å². The van der Waals surface area contributed by atoms with Gasteiger partial charge >= 0.3 is 6.03 Å². The minimum absolute atomic E-state index is 0.225. The lowest BCUT2D eigenvalue weighted by atomic mass is 10.1. The molecule has 0 aliphatic rings. The molecule has 2 amide bonds. The van der Waals surface area contributed by atoms with Crippen molar-refractivity contribution < 1.29 is 9.53 Å². The summed E-state index contributed by atoms with van der Waals surface area (Å²) in [4.78, 5) is 12.9. The van der Waals surface area contributed by atoms with E-state index in [1.807, 2.05) is 35.7 Å². The van der Waals surface area contributed by atoms with Crippen molar-refractivity contribution in [2.75, 3.05) is 13.7 Å². The van der Waals surface area contributed by atoms with E-state index >= 15 is 0 Å². The molecule has 1 aromatic carbocycles. The maximum Gasteiger partial charge on any atom is 0.315 e. The van der Waals surface area contributed by atoms with Crippen LogP contribution in [0.25, 0.3) is 0 Å². The van der Waals surface area contributed by atoms with Gasteiger partial charge in [0.05, 0.1) is 6.54 Å². The predicted octanol–water partition coefficient (Wildman–Crippen LogP) is 3.59. The standard InChI is InChI=1S/C15H17ClN2O2S/c1-20-14(12-6-2-3-7-13(12)16)10-18-15(19)17-9-11-5-4-8-21-11/h2-8,14H,9-10H2,1H3,(H2,17,18,19). The van der Waals surface area contributed by atoms with Gasteiger partial charge in [-0.05, 0) is 17.5 Å². The van der Waals surface area contributed by atoms with E-state index in [1.165, 1.54) is 0 Å². The molecule has 0 aliphatic carbocycles. The molecule has 4 nitrogen and oxygen atoms in total. The van der Waals surface area contributed by atoms with E-state index in [9.17, 15) is 4.79 Å². The molecule has 1 unspecified atom stereocenters. The maximum absolute atomic E-state index is 11.8. The van der Waals surface area contributed by atoms with Crippen molar-refractivity contribution >= 4 is 29.0 Å². The Balaban J connectivity index is 1.83. The number of methoxy groups -OCH3 is 1. The summed E-state index contributed by atoms with van der Waals surface area (Å²) >= 11 is 7.74. The molecule has 6 heteroatoms. The minimum Gasteiger partial charge on any atom is -0.375 e. The van der Waals surface area contributed by atoms with Crippen LogP contribution in [-0.2, 0) is 11.3 Å². The van der Waals surface area contributed by atoms with Crippen LogP contribution in [0.5, 0.6) is 0 Å². The van der Waals surface area contributed by atoms with E-state index in [0.717, 1.165) is 10.4 Å². The summed E-state index contributed by atoms with van der Waals surface area (Å²) in [6, 6.07) is 11.2. The SMILES string of the molecule is COC(CNC(=O)NCc1cccs1)c1ccccc1Cl. The number of hydrogen-bond donors (Lipinski definition) is 2. The van der Waals surface area contributed by atoms with Crippen LogP contribution in [0.3, 0.4) is 0 Å². The van der Waals surface area contributed by atoms with Crippen molar-refractivity contribution in [1.82, 2.24) is 10.6 Å². The van der Waals surface area contributed by atoms with E-state index in [-0.39, 0.29) is 12.1 Å². The van der Waals surface area contributed by atoms with Crippen molar-refractivity contribution in [3.63, 3.8) is 0 Å². The number of nitrogens with one attached hydrogen (secondary N) is 2. The first kappa shape index (κ1) is 15.8. The highest BCUT2D eigenvalue weighted by Crippen LogP contribution is 2.24. The zero-order valence-electron chi connectivity index (χ0n) is 11.6. The molecule has 112 valence electrons. The van der Waals surface area contributed by atoms with Gasteiger partial charge in [0.25, 0.3) is 0 Å². The third kappa shape index (κ3) is 4.74. The number of amides is 2. The molecule has 0 radical (unpaired) electrons. The van der Waals surface area contributed by atoms with Crippen LogP contribution in [0.2, 0.25) is 5.02 Å². The number of rotatable bonds is 6. The van der Waals surface area contributed by atoms with Crippen LogP contribution in [0, 0.1) is 0 Å². The highest BCUT2D eigenvalue weighted by atomic mass is 35.5. The number of ether oxygens (including phenoxy) is 1. The number of halogens is 1. The summed E-state index contributed by atoms with van der Waals surface area (Å²) in [5.74, 6) is 0. The van der Waals surface area contributed by atoms with Gasteiger partial charge in [0, 0.05) is 29.1 Å². The van der Waals surface area contributed by atoms with Crippen molar-refractivity contribution in [2.45, 2.75) is 12.6 Å². The van der Waals surface area contributed by atoms with Crippen LogP contribution in [-0.4, -0.2) is 19.7 Å². The minimum atomic E-state index is -0.272. The Morgan fingerprint density at radius 3 is 2.76 bits per heavy atom. The molecule has 1 aromatic heterocycles. The maximum atomic E-state index is 11.8. The van der Waals surface area contributed by atoms with Gasteiger partial charge in [-0.2, -0.15) is 0 Å². The first-order chi connectivity index (χ1) is 10.2. The molecule has 0 fully saturated rings. The van der Waals surface area contributed by atoms with Gasteiger partial charge in [-0.25, -0.2) is 4.79 Å². The summed E-state index contributed by atoms with van der Waals surface area (Å²) in [5, 5.41) is 8.20. The number of thiophene rings is 1. The van der Waals surface area contributed by atoms with Gasteiger partial charge in [0.15, 0.2) is 0 Å². The quantitative estimate of drug-likeness (QED) is 0.853. The molecule has 0 saturated carbocycles. The lowest BCUT2D eigenvalue weighted by molar-refractivity contribution is 0.104. The Labute approximate surface area is 133 Å². The predicted molar refractivity (Wildman–Crippen MR) is 85.8 cm³/mol. The third-order valence-electron chi connectivity index (χ3n) is 2.99. The second-order valence-electron chi connectivity index (χ2n) is 4.39. The number of carbonyl (C=O) groups excluding carboxylic acids is 1. The summed E-state index contributed by atoms with van der Waals surface area (Å²) in [5.41, 5.74) is 0.861. The number of carbonyl (C=O) groups is 1. The average Bonchev–Trinajstić information content (AvgIpc) is 3.01. The molecule has 1 atom stereocenters. The summed E-state index contributed by atoms with van der Waals surface area (Å²) < 4.78 is 5.39. The Bertz CT molecular complexity index is 575. The Kier molecular flexibility index (Phi) is 6.04. The lowest BCUT2D eigenvalue weighted by Crippen LogP contribution is -2.37. The zero-order chi connectivity index (χ0) is 15.1. The van der Waals surface area contributed by atoms with Gasteiger partial charge in [0.1, 0.15) is 6.10 Å². The highest BCUT2D eigenvalue weighted by Gasteiger charge is 2.14. The van der Waals surface area contributed by atoms with Gasteiger partial charge in [-0.1, -0.05) is 35.9 Å². The third-order valence-corrected chi connectivity index (χ3v) is 4.21. The molecule has 21 heavy (non-hydrogen) atoms. The van der Waals surface area contributed by atoms with Gasteiger partial charge in [-0.15, -0.1) is 11.3 Å². The highest BCUT2D eigenvalue weighted by molar-refractivity contribution is 7.09. The molecule has 0 bridgehead atoms. The molecular formula is C15H17ClN2O2S. The smallest absolute Gasteiger partial charge is 0.315 e. The first-order valence-electron chi connectivity index (χ1n) is 6.52. The fourth-order valence-electron chi connectivity index (χ4n) is 1.88. The molecule has 0 spiro atoms. The fourth-order valence-corrected chi connectivity index (χ4v) is 2.79. The number of hydrogen-bond acceptors (Lipinski definition) is 3. The summed E-state index contributed by atoms with van der Waals surface area (Å²) in [6.07, 6.45) is -0.272. The van der Waals surface area contributed by atoms with Crippen molar-refractivity contribution in [1.29, 1.82) is 0 Å². The molecular weight excluding hydrogens is 308 g/mol. The molecule has 1 heterocycles. The Morgan fingerprint density at radius 2 is 2.10 bits per heavy atom. The van der Waals surface area contributed by atoms with Crippen LogP contribution < -0.4 is 10.6 Å². The molecule has 0 saturated heterocycles. The second kappa shape index (κ2) is 8.02. The largest absolute Gasteiger partial charge is 0.375 e. The van der Waals surface area contributed by atoms with Crippen molar-refractivity contribution in [3.8, 4) is 0 Å². The average molecular weight is 325 g/mol. The molecule has 0 aliphatic heterocycles. The number of urea groups is 1. The summed E-state index contributed by atoms with van der Waals surface area (Å²) in [6.45, 7) is 0.879. The van der Waals surface area contributed by atoms with E-state index in [1.54, 1.807) is 24.5 Å². The molecule has 2 aromatic rings. The Morgan fingerprint density at radius 1 is 1.29 bits per heavy atom. The van der Waals surface area contributed by atoms with E-state index < -0.39 is 0 Å².